The van der Waals surface area contributed by atoms with Crippen molar-refractivity contribution < 1.29 is 9.72 Å². The summed E-state index contributed by atoms with van der Waals surface area (Å²) in [6, 6.07) is -0.766. The minimum atomic E-state index is -0.766. The minimum Gasteiger partial charge on any atom is -0.329 e. The number of thiocarbonyl (C=S) groups is 1. The summed E-state index contributed by atoms with van der Waals surface area (Å²) in [5.41, 5.74) is 7.19. The molecule has 0 aliphatic carbocycles. The van der Waals surface area contributed by atoms with Gasteiger partial charge in [0.25, 0.3) is 5.91 Å². The highest BCUT2D eigenvalue weighted by atomic mass is 32.1. The van der Waals surface area contributed by atoms with E-state index in [1.54, 1.807) is 24.7 Å². The molecule has 2 rings (SSSR count). The van der Waals surface area contributed by atoms with Crippen LogP contribution in [0.25, 0.3) is 0 Å². The van der Waals surface area contributed by atoms with Crippen molar-refractivity contribution in [1.82, 2.24) is 30.4 Å². The zero-order valence-electron chi connectivity index (χ0n) is 15.7. The monoisotopic (exact) mass is 394 g/mol. The van der Waals surface area contributed by atoms with E-state index in [1.165, 1.54) is 11.6 Å². The maximum Gasteiger partial charge on any atom is 0.312 e. The van der Waals surface area contributed by atoms with Gasteiger partial charge in [0.05, 0.1) is 22.5 Å². The number of nitrogens with one attached hydrogen (secondary N) is 3. The van der Waals surface area contributed by atoms with Crippen LogP contribution in [-0.4, -0.2) is 35.5 Å². The van der Waals surface area contributed by atoms with Crippen molar-refractivity contribution in [2.75, 3.05) is 5.32 Å². The number of hydrogen-bond acceptors (Lipinski definition) is 6. The first-order valence-corrected chi connectivity index (χ1v) is 8.67. The molecule has 0 saturated heterocycles. The van der Waals surface area contributed by atoms with Crippen LogP contribution in [0.3, 0.4) is 0 Å². The molecule has 1 amide bonds. The quantitative estimate of drug-likeness (QED) is 0.395. The van der Waals surface area contributed by atoms with Gasteiger partial charge in [0.15, 0.2) is 5.11 Å². The number of hydrazine groups is 1. The molecule has 27 heavy (non-hydrogen) atoms. The van der Waals surface area contributed by atoms with Gasteiger partial charge in [-0.1, -0.05) is 0 Å². The minimum absolute atomic E-state index is 0.0943. The number of nitro groups is 1. The fourth-order valence-corrected chi connectivity index (χ4v) is 2.83. The lowest BCUT2D eigenvalue weighted by molar-refractivity contribution is -0.386. The topological polar surface area (TPSA) is 132 Å². The van der Waals surface area contributed by atoms with Crippen LogP contribution in [0, 0.1) is 30.9 Å². The van der Waals surface area contributed by atoms with Gasteiger partial charge in [-0.2, -0.15) is 10.2 Å². The van der Waals surface area contributed by atoms with Crippen molar-refractivity contribution in [3.05, 3.63) is 33.4 Å². The van der Waals surface area contributed by atoms with Gasteiger partial charge >= 0.3 is 5.69 Å². The molecular weight excluding hydrogens is 372 g/mol. The van der Waals surface area contributed by atoms with Gasteiger partial charge < -0.3 is 5.32 Å². The number of carbonyl (C=O) groups is 1. The Labute approximate surface area is 161 Å². The SMILES string of the molecule is CCn1ncc(NC(=S)NNC(=O)[C@@H](C)n2nc(C)c([N+](=O)[O-])c2C)c1C. The van der Waals surface area contributed by atoms with Crippen LogP contribution < -0.4 is 16.2 Å². The number of nitrogens with zero attached hydrogens (tertiary/aromatic N) is 5. The van der Waals surface area contributed by atoms with Crippen LogP contribution in [0.15, 0.2) is 6.20 Å². The molecule has 0 radical (unpaired) electrons. The van der Waals surface area contributed by atoms with Gasteiger partial charge in [0.2, 0.25) is 0 Å². The average Bonchev–Trinajstić information content (AvgIpc) is 3.11. The lowest BCUT2D eigenvalue weighted by Crippen LogP contribution is -2.46. The number of rotatable bonds is 5. The third kappa shape index (κ3) is 4.22. The van der Waals surface area contributed by atoms with Gasteiger partial charge in [-0.25, -0.2) is 0 Å². The third-order valence-electron chi connectivity index (χ3n) is 4.17. The van der Waals surface area contributed by atoms with Gasteiger partial charge in [-0.05, 0) is 46.8 Å². The first-order chi connectivity index (χ1) is 12.7. The molecular formula is C15H22N8O3S. The van der Waals surface area contributed by atoms with E-state index in [-0.39, 0.29) is 16.5 Å². The van der Waals surface area contributed by atoms with E-state index in [1.807, 2.05) is 13.8 Å². The smallest absolute Gasteiger partial charge is 0.312 e. The van der Waals surface area contributed by atoms with Crippen molar-refractivity contribution >= 4 is 34.6 Å². The summed E-state index contributed by atoms with van der Waals surface area (Å²) in [4.78, 5) is 22.9. The number of aromatic nitrogens is 4. The molecule has 1 atom stereocenters. The number of amides is 1. The summed E-state index contributed by atoms with van der Waals surface area (Å²) in [7, 11) is 0. The van der Waals surface area contributed by atoms with E-state index in [2.05, 4.69) is 26.4 Å². The molecule has 146 valence electrons. The Hall–Kier alpha value is -3.02. The fourth-order valence-electron chi connectivity index (χ4n) is 2.67. The second kappa shape index (κ2) is 8.12. The number of anilines is 1. The molecule has 0 spiro atoms. The predicted molar refractivity (Wildman–Crippen MR) is 103 cm³/mol. The maximum absolute atomic E-state index is 12.4. The Kier molecular flexibility index (Phi) is 6.10. The van der Waals surface area contributed by atoms with Crippen molar-refractivity contribution in [2.24, 2.45) is 0 Å². The molecule has 11 nitrogen and oxygen atoms in total. The molecule has 2 aromatic rings. The first-order valence-electron chi connectivity index (χ1n) is 8.26. The number of carbonyl (C=O) groups excluding carboxylic acids is 1. The molecule has 2 heterocycles. The summed E-state index contributed by atoms with van der Waals surface area (Å²) in [6.07, 6.45) is 1.65. The van der Waals surface area contributed by atoms with Crippen LogP contribution in [0.5, 0.6) is 0 Å². The van der Waals surface area contributed by atoms with Crippen molar-refractivity contribution in [1.29, 1.82) is 0 Å². The van der Waals surface area contributed by atoms with Gasteiger partial charge in [-0.15, -0.1) is 0 Å². The Morgan fingerprint density at radius 1 is 1.33 bits per heavy atom. The van der Waals surface area contributed by atoms with E-state index in [4.69, 9.17) is 12.2 Å². The van der Waals surface area contributed by atoms with Crippen molar-refractivity contribution in [2.45, 2.75) is 47.2 Å². The Bertz CT molecular complexity index is 888. The molecule has 2 aromatic heterocycles. The lowest BCUT2D eigenvalue weighted by atomic mass is 10.3. The molecule has 12 heteroatoms. The second-order valence-corrected chi connectivity index (χ2v) is 6.33. The molecule has 0 unspecified atom stereocenters. The summed E-state index contributed by atoms with van der Waals surface area (Å²) in [5, 5.41) is 22.5. The van der Waals surface area contributed by atoms with Crippen LogP contribution in [-0.2, 0) is 11.3 Å². The Balaban J connectivity index is 1.99. The maximum atomic E-state index is 12.4. The van der Waals surface area contributed by atoms with Gasteiger partial charge in [0.1, 0.15) is 17.4 Å². The van der Waals surface area contributed by atoms with Crippen molar-refractivity contribution in [3.63, 3.8) is 0 Å². The molecule has 0 aromatic carbocycles. The zero-order valence-corrected chi connectivity index (χ0v) is 16.5. The summed E-state index contributed by atoms with van der Waals surface area (Å²) in [5.74, 6) is -0.444. The van der Waals surface area contributed by atoms with E-state index in [9.17, 15) is 14.9 Å². The normalized spacial score (nSPS) is 11.7. The predicted octanol–water partition coefficient (Wildman–Crippen LogP) is 1.51. The average molecular weight is 394 g/mol. The van der Waals surface area contributed by atoms with Crippen LogP contribution in [0.4, 0.5) is 11.4 Å². The molecule has 3 N–H and O–H groups in total. The first kappa shape index (κ1) is 20.3. The highest BCUT2D eigenvalue weighted by molar-refractivity contribution is 7.80. The Morgan fingerprint density at radius 3 is 2.52 bits per heavy atom. The van der Waals surface area contributed by atoms with Crippen molar-refractivity contribution in [3.8, 4) is 0 Å². The summed E-state index contributed by atoms with van der Waals surface area (Å²) in [6.45, 7) is 9.28. The fraction of sp³-hybridized carbons (Fsp3) is 0.467. The largest absolute Gasteiger partial charge is 0.329 e. The summed E-state index contributed by atoms with van der Waals surface area (Å²) < 4.78 is 3.12. The third-order valence-corrected chi connectivity index (χ3v) is 4.37. The summed E-state index contributed by atoms with van der Waals surface area (Å²) >= 11 is 5.16. The van der Waals surface area contributed by atoms with Gasteiger partial charge in [0, 0.05) is 6.54 Å². The van der Waals surface area contributed by atoms with E-state index < -0.39 is 16.9 Å². The highest BCUT2D eigenvalue weighted by Gasteiger charge is 2.27. The van der Waals surface area contributed by atoms with Gasteiger partial charge in [-0.3, -0.25) is 35.1 Å². The lowest BCUT2D eigenvalue weighted by Gasteiger charge is -2.16. The zero-order chi connectivity index (χ0) is 20.3. The molecule has 0 aliphatic heterocycles. The van der Waals surface area contributed by atoms with Crippen LogP contribution in [0.2, 0.25) is 0 Å². The number of aryl methyl sites for hydroxylation is 2. The molecule has 0 bridgehead atoms. The number of hydrogen-bond donors (Lipinski definition) is 3. The van der Waals surface area contributed by atoms with E-state index in [0.29, 0.717) is 5.69 Å². The standard InChI is InChI=1S/C15H22N8O3S/c1-6-21-9(3)12(7-16-21)17-15(27)19-18-14(24)11(5)22-10(4)13(23(25)26)8(2)20-22/h7,11H,6H2,1-5H3,(H,18,24)(H2,17,19,27)/t11-/m1/s1. The Morgan fingerprint density at radius 2 is 2.00 bits per heavy atom. The highest BCUT2D eigenvalue weighted by Crippen LogP contribution is 2.24. The second-order valence-electron chi connectivity index (χ2n) is 5.92. The van der Waals surface area contributed by atoms with E-state index >= 15 is 0 Å². The van der Waals surface area contributed by atoms with Crippen LogP contribution in [0.1, 0.15) is 37.0 Å². The molecule has 0 fully saturated rings. The molecule has 0 saturated carbocycles. The van der Waals surface area contributed by atoms with E-state index in [0.717, 1.165) is 17.9 Å². The molecule has 0 aliphatic rings. The van der Waals surface area contributed by atoms with Crippen LogP contribution >= 0.6 is 12.2 Å².